The number of phosphoric acid groups is 2. The molecule has 6 N–H and O–H groups in total. The molecule has 0 radical (unpaired) electrons. The van der Waals surface area contributed by atoms with Crippen LogP contribution in [0.5, 0.6) is 0 Å². The number of hydrogen-bond donors (Lipinski definition) is 5. The van der Waals surface area contributed by atoms with E-state index in [1.807, 2.05) is 30.4 Å². The van der Waals surface area contributed by atoms with Crippen LogP contribution in [0.3, 0.4) is 0 Å². The monoisotopic (exact) mass is 1080 g/mol. The van der Waals surface area contributed by atoms with Gasteiger partial charge in [0.2, 0.25) is 0 Å². The van der Waals surface area contributed by atoms with Gasteiger partial charge in [0.1, 0.15) is 30.7 Å². The van der Waals surface area contributed by atoms with E-state index in [9.17, 15) is 43.5 Å². The summed E-state index contributed by atoms with van der Waals surface area (Å²) in [5, 5.41) is 20.9. The highest BCUT2D eigenvalue weighted by atomic mass is 31.3. The molecule has 2 heterocycles. The third-order valence-electron chi connectivity index (χ3n) is 10.8. The van der Waals surface area contributed by atoms with Crippen LogP contribution in [0.1, 0.15) is 148 Å². The van der Waals surface area contributed by atoms with Crippen molar-refractivity contribution in [3.63, 3.8) is 0 Å². The fourth-order valence-electron chi connectivity index (χ4n) is 6.82. The molecule has 1 aliphatic rings. The minimum atomic E-state index is -5.46. The van der Waals surface area contributed by atoms with Gasteiger partial charge < -0.3 is 39.9 Å². The molecule has 0 amide bonds. The first-order chi connectivity index (χ1) is 35.7. The minimum absolute atomic E-state index is 0.0147. The van der Waals surface area contributed by atoms with E-state index in [4.69, 9.17) is 29.0 Å². The largest absolute Gasteiger partial charge is 0.481 e. The first kappa shape index (κ1) is 65.5. The van der Waals surface area contributed by atoms with Crippen LogP contribution in [0.2, 0.25) is 0 Å². The van der Waals surface area contributed by atoms with Crippen molar-refractivity contribution in [3.05, 3.63) is 132 Å². The van der Waals surface area contributed by atoms with Gasteiger partial charge >= 0.3 is 33.3 Å². The number of aliphatic hydroxyl groups is 2. The molecule has 0 bridgehead atoms. The Labute approximate surface area is 438 Å². The van der Waals surface area contributed by atoms with Crippen LogP contribution in [0, 0.1) is 0 Å². The number of allylic oxidation sites excluding steroid dienone is 18. The van der Waals surface area contributed by atoms with Gasteiger partial charge in [0.15, 0.2) is 12.3 Å². The van der Waals surface area contributed by atoms with E-state index in [0.717, 1.165) is 62.1 Å². The standard InChI is InChI=1S/C54H83N3O15P2/c1-3-5-7-9-11-13-15-17-19-21-22-24-25-27-29-31-33-35-37-39-49(58)67-43-46(70-50(59)40-38-36-34-32-30-28-26-23-20-18-16-14-12-10-8-6-4-2)44-68-73(63,64)72-74(65,66)69-45-47-51(60)52(61)53(71-47)57-42-41-48(55)56-54(57)62/h11-14,17-20,22,24,26-29,32-35,41-42,46-47,51-53,60-61H,3-10,15-16,21,23,25,30-31,36-40,43-45H2,1-2H3,(H,63,64)(H,65,66)(H2,55,56,62)/b13-11-,14-12-,19-17-,20-18-,24-22-,28-26-,29-27-,34-32-,35-33-/t46-,47-,51+,52?,53-/m1/s1. The molecule has 1 fully saturated rings. The summed E-state index contributed by atoms with van der Waals surface area (Å²) < 4.78 is 56.6. The van der Waals surface area contributed by atoms with E-state index < -0.39 is 83.7 Å². The summed E-state index contributed by atoms with van der Waals surface area (Å²) in [6.45, 7) is 1.96. The van der Waals surface area contributed by atoms with Crippen LogP contribution in [-0.2, 0) is 46.3 Å². The number of anilines is 1. The summed E-state index contributed by atoms with van der Waals surface area (Å²) in [6.07, 6.45) is 47.6. The van der Waals surface area contributed by atoms with E-state index in [0.29, 0.717) is 25.7 Å². The molecule has 1 aliphatic heterocycles. The molecule has 3 unspecified atom stereocenters. The molecule has 0 saturated carbocycles. The van der Waals surface area contributed by atoms with E-state index in [-0.39, 0.29) is 18.7 Å². The lowest BCUT2D eigenvalue weighted by molar-refractivity contribution is -0.161. The molecule has 1 saturated heterocycles. The zero-order valence-corrected chi connectivity index (χ0v) is 45.1. The zero-order valence-electron chi connectivity index (χ0n) is 43.3. The second kappa shape index (κ2) is 40.7. The van der Waals surface area contributed by atoms with Gasteiger partial charge in [-0.3, -0.25) is 23.2 Å². The normalized spacial score (nSPS) is 19.8. The fraction of sp³-hybridized carbons (Fsp3) is 0.556. The molecule has 1 aromatic heterocycles. The van der Waals surface area contributed by atoms with E-state index in [2.05, 4.69) is 102 Å². The highest BCUT2D eigenvalue weighted by Gasteiger charge is 2.46. The number of aromatic nitrogens is 2. The Morgan fingerprint density at radius 3 is 1.59 bits per heavy atom. The Kier molecular flexibility index (Phi) is 36.0. The van der Waals surface area contributed by atoms with Gasteiger partial charge in [-0.1, -0.05) is 149 Å². The second-order valence-electron chi connectivity index (χ2n) is 17.3. The number of nitrogen functional groups attached to an aromatic ring is 1. The highest BCUT2D eigenvalue weighted by Crippen LogP contribution is 2.60. The number of nitrogens with two attached hydrogens (primary N) is 1. The average Bonchev–Trinajstić information content (AvgIpc) is 3.64. The number of carbonyl (C=O) groups is 2. The van der Waals surface area contributed by atoms with Crippen LogP contribution in [0.4, 0.5) is 5.82 Å². The van der Waals surface area contributed by atoms with Crippen LogP contribution in [-0.4, -0.2) is 85.7 Å². The van der Waals surface area contributed by atoms with Gasteiger partial charge in [0.25, 0.3) is 0 Å². The summed E-state index contributed by atoms with van der Waals surface area (Å²) >= 11 is 0. The molecule has 74 heavy (non-hydrogen) atoms. The summed E-state index contributed by atoms with van der Waals surface area (Å²) in [5.74, 6) is -1.48. The summed E-state index contributed by atoms with van der Waals surface area (Å²) in [4.78, 5) is 61.9. The third-order valence-corrected chi connectivity index (χ3v) is 13.4. The molecule has 18 nitrogen and oxygen atoms in total. The lowest BCUT2D eigenvalue weighted by Crippen LogP contribution is -2.36. The predicted octanol–water partition coefficient (Wildman–Crippen LogP) is 11.0. The summed E-state index contributed by atoms with van der Waals surface area (Å²) in [6, 6.07) is 1.24. The molecular formula is C54H83N3O15P2. The number of esters is 2. The Hall–Kier alpha value is -4.58. The molecule has 2 rings (SSSR count). The Balaban J connectivity index is 1.86. The predicted molar refractivity (Wildman–Crippen MR) is 288 cm³/mol. The smallest absolute Gasteiger partial charge is 0.462 e. The van der Waals surface area contributed by atoms with E-state index in [1.165, 1.54) is 44.6 Å². The van der Waals surface area contributed by atoms with Gasteiger partial charge in [0.05, 0.1) is 13.2 Å². The number of unbranched alkanes of at least 4 members (excludes halogenated alkanes) is 7. The number of ether oxygens (including phenoxy) is 3. The SMILES string of the molecule is CCCCC/C=C\C/C=C\C/C=C\C/C=C\C/C=C\CCC(=O)OC[C@H](COP(=O)(O)OP(=O)(O)OC[C@H]1O[C@@H](n2ccc(N)nc2=O)C(O)[C@H]1O)OC(=O)CCC/C=C\C/C=C\C/C=C\C/C=C\CCCCC. The summed E-state index contributed by atoms with van der Waals surface area (Å²) in [7, 11) is -10.9. The van der Waals surface area contributed by atoms with Crippen molar-refractivity contribution in [1.82, 2.24) is 9.55 Å². The van der Waals surface area contributed by atoms with Crippen molar-refractivity contribution < 1.29 is 66.3 Å². The fourth-order valence-corrected chi connectivity index (χ4v) is 8.93. The Morgan fingerprint density at radius 1 is 0.649 bits per heavy atom. The van der Waals surface area contributed by atoms with Gasteiger partial charge in [-0.2, -0.15) is 9.29 Å². The van der Waals surface area contributed by atoms with Gasteiger partial charge in [-0.05, 0) is 96.0 Å². The highest BCUT2D eigenvalue weighted by molar-refractivity contribution is 7.61. The summed E-state index contributed by atoms with van der Waals surface area (Å²) in [5.41, 5.74) is 4.58. The number of carbonyl (C=O) groups excluding carboxylic acids is 2. The van der Waals surface area contributed by atoms with E-state index >= 15 is 0 Å². The van der Waals surface area contributed by atoms with Crippen LogP contribution in [0.15, 0.2) is 126 Å². The van der Waals surface area contributed by atoms with Crippen molar-refractivity contribution in [2.45, 2.75) is 173 Å². The molecule has 0 aromatic carbocycles. The Morgan fingerprint density at radius 2 is 1.11 bits per heavy atom. The second-order valence-corrected chi connectivity index (χ2v) is 20.4. The van der Waals surface area contributed by atoms with Crippen molar-refractivity contribution in [3.8, 4) is 0 Å². The molecule has 0 aliphatic carbocycles. The average molecular weight is 1080 g/mol. The van der Waals surface area contributed by atoms with Crippen molar-refractivity contribution in [2.75, 3.05) is 25.6 Å². The number of aliphatic hydroxyl groups excluding tert-OH is 2. The maximum atomic E-state index is 12.9. The molecule has 414 valence electrons. The molecule has 1 aromatic rings. The number of hydrogen-bond acceptors (Lipinski definition) is 15. The van der Waals surface area contributed by atoms with Crippen molar-refractivity contribution in [1.29, 1.82) is 0 Å². The van der Waals surface area contributed by atoms with Crippen LogP contribution < -0.4 is 11.4 Å². The quantitative estimate of drug-likeness (QED) is 0.0177. The van der Waals surface area contributed by atoms with E-state index in [1.54, 1.807) is 0 Å². The number of rotatable bonds is 41. The van der Waals surface area contributed by atoms with Gasteiger partial charge in [-0.25, -0.2) is 13.9 Å². The third kappa shape index (κ3) is 32.7. The Bertz CT molecular complexity index is 2170. The first-order valence-corrected chi connectivity index (χ1v) is 28.9. The van der Waals surface area contributed by atoms with Crippen LogP contribution in [0.25, 0.3) is 0 Å². The topological polar surface area (TPSA) is 265 Å². The van der Waals surface area contributed by atoms with Crippen molar-refractivity contribution in [2.24, 2.45) is 0 Å². The molecular weight excluding hydrogens is 993 g/mol. The maximum Gasteiger partial charge on any atom is 0.481 e. The van der Waals surface area contributed by atoms with Crippen molar-refractivity contribution >= 4 is 33.4 Å². The minimum Gasteiger partial charge on any atom is -0.462 e. The molecule has 20 heteroatoms. The number of phosphoric ester groups is 2. The first-order valence-electron chi connectivity index (χ1n) is 25.9. The van der Waals surface area contributed by atoms with Gasteiger partial charge in [0, 0.05) is 19.0 Å². The van der Waals surface area contributed by atoms with Gasteiger partial charge in [-0.15, -0.1) is 0 Å². The molecule has 0 spiro atoms. The lowest BCUT2D eigenvalue weighted by Gasteiger charge is -2.21. The van der Waals surface area contributed by atoms with Crippen LogP contribution >= 0.6 is 15.6 Å². The maximum absolute atomic E-state index is 12.9. The zero-order chi connectivity index (χ0) is 54.1. The number of nitrogens with zero attached hydrogens (tertiary/aromatic N) is 2. The molecule has 7 atom stereocenters. The lowest BCUT2D eigenvalue weighted by atomic mass is 10.1.